The topological polar surface area (TPSA) is 9.23 Å². The van der Waals surface area contributed by atoms with Crippen LogP contribution in [0.5, 0.6) is 5.75 Å². The first-order chi connectivity index (χ1) is 14.2. The van der Waals surface area contributed by atoms with Gasteiger partial charge in [0, 0.05) is 0 Å². The van der Waals surface area contributed by atoms with Crippen LogP contribution < -0.4 is 4.74 Å². The van der Waals surface area contributed by atoms with E-state index in [1.165, 1.54) is 64.2 Å². The lowest BCUT2D eigenvalue weighted by atomic mass is 9.80. The summed E-state index contributed by atoms with van der Waals surface area (Å²) >= 11 is 0. The van der Waals surface area contributed by atoms with E-state index in [1.54, 1.807) is 12.1 Å². The molecule has 0 spiro atoms. The van der Waals surface area contributed by atoms with Gasteiger partial charge in [0.15, 0.2) is 11.6 Å². The number of rotatable bonds is 14. The van der Waals surface area contributed by atoms with Gasteiger partial charge in [0.1, 0.15) is 0 Å². The zero-order valence-corrected chi connectivity index (χ0v) is 18.8. The first-order valence-corrected chi connectivity index (χ1v) is 12.2. The molecular weight excluding hydrogens is 366 g/mol. The minimum absolute atomic E-state index is 0.0827. The number of unbranched alkanes of at least 4 members (excludes halogenated alkanes) is 7. The van der Waals surface area contributed by atoms with E-state index in [0.29, 0.717) is 24.5 Å². The maximum absolute atomic E-state index is 14.4. The molecule has 1 saturated carbocycles. The minimum atomic E-state index is -0.804. The number of ether oxygens (including phenoxy) is 1. The molecule has 1 aromatic carbocycles. The van der Waals surface area contributed by atoms with Crippen molar-refractivity contribution in [2.75, 3.05) is 6.61 Å². The zero-order chi connectivity index (χ0) is 20.9. The third kappa shape index (κ3) is 8.64. The average Bonchev–Trinajstić information content (AvgIpc) is 2.74. The molecule has 2 rings (SSSR count). The van der Waals surface area contributed by atoms with Gasteiger partial charge in [0.25, 0.3) is 0 Å². The van der Waals surface area contributed by atoms with E-state index in [2.05, 4.69) is 13.8 Å². The molecule has 0 heterocycles. The van der Waals surface area contributed by atoms with Crippen LogP contribution in [0.3, 0.4) is 0 Å². The molecule has 1 nitrogen and oxygen atoms in total. The van der Waals surface area contributed by atoms with Gasteiger partial charge in [-0.25, -0.2) is 4.39 Å². The predicted molar refractivity (Wildman–Crippen MR) is 119 cm³/mol. The highest BCUT2D eigenvalue weighted by Gasteiger charge is 2.22. The third-order valence-corrected chi connectivity index (χ3v) is 6.58. The highest BCUT2D eigenvalue weighted by Crippen LogP contribution is 2.33. The molecule has 1 aromatic rings. The highest BCUT2D eigenvalue weighted by molar-refractivity contribution is 5.31. The second-order valence-electron chi connectivity index (χ2n) is 9.06. The fourth-order valence-electron chi connectivity index (χ4n) is 4.55. The standard InChI is InChI=1S/C26H42F2O/c1-3-5-7-8-9-11-13-23-18-19-24(26(28)25(23)27)29-20-22-16-14-21(15-17-22)12-10-6-4-2/h18-19,21-22H,3-17,20H2,1-2H3/t21-,22-. The van der Waals surface area contributed by atoms with Crippen LogP contribution >= 0.6 is 0 Å². The summed E-state index contributed by atoms with van der Waals surface area (Å²) in [7, 11) is 0. The lowest BCUT2D eigenvalue weighted by molar-refractivity contribution is 0.172. The van der Waals surface area contributed by atoms with Gasteiger partial charge in [0.2, 0.25) is 5.82 Å². The summed E-state index contributed by atoms with van der Waals surface area (Å²) in [5.74, 6) is -0.104. The number of hydrogen-bond acceptors (Lipinski definition) is 1. The predicted octanol–water partition coefficient (Wildman–Crippen LogP) is 8.63. The molecular formula is C26H42F2O. The van der Waals surface area contributed by atoms with Crippen LogP contribution in [0, 0.1) is 23.5 Å². The molecule has 1 aliphatic rings. The Kier molecular flexibility index (Phi) is 11.6. The Morgan fingerprint density at radius 1 is 0.759 bits per heavy atom. The quantitative estimate of drug-likeness (QED) is 0.280. The Morgan fingerprint density at radius 3 is 2.10 bits per heavy atom. The van der Waals surface area contributed by atoms with E-state index in [4.69, 9.17) is 4.74 Å². The van der Waals surface area contributed by atoms with E-state index in [0.717, 1.165) is 31.6 Å². The van der Waals surface area contributed by atoms with E-state index in [-0.39, 0.29) is 5.75 Å². The van der Waals surface area contributed by atoms with E-state index in [9.17, 15) is 8.78 Å². The van der Waals surface area contributed by atoms with Crippen molar-refractivity contribution in [2.45, 2.75) is 110 Å². The van der Waals surface area contributed by atoms with E-state index >= 15 is 0 Å². The van der Waals surface area contributed by atoms with Crippen molar-refractivity contribution in [3.63, 3.8) is 0 Å². The molecule has 0 radical (unpaired) electrons. The van der Waals surface area contributed by atoms with Crippen LogP contribution in [0.2, 0.25) is 0 Å². The molecule has 0 saturated heterocycles. The Morgan fingerprint density at radius 2 is 1.38 bits per heavy atom. The van der Waals surface area contributed by atoms with Crippen molar-refractivity contribution < 1.29 is 13.5 Å². The summed E-state index contributed by atoms with van der Waals surface area (Å²) in [5.41, 5.74) is 0.484. The molecule has 29 heavy (non-hydrogen) atoms. The number of halogens is 2. The molecule has 0 aliphatic heterocycles. The average molecular weight is 409 g/mol. The largest absolute Gasteiger partial charge is 0.490 e. The molecule has 3 heteroatoms. The summed E-state index contributed by atoms with van der Waals surface area (Å²) in [6, 6.07) is 3.34. The van der Waals surface area contributed by atoms with Crippen molar-refractivity contribution in [1.82, 2.24) is 0 Å². The third-order valence-electron chi connectivity index (χ3n) is 6.58. The van der Waals surface area contributed by atoms with Gasteiger partial charge in [-0.2, -0.15) is 4.39 Å². The van der Waals surface area contributed by atoms with Gasteiger partial charge in [0.05, 0.1) is 6.61 Å². The molecule has 166 valence electrons. The SMILES string of the molecule is CCCCCCCCc1ccc(OC[C@H]2CC[C@H](CCCCC)CC2)c(F)c1F. The molecule has 0 N–H and O–H groups in total. The van der Waals surface area contributed by atoms with Gasteiger partial charge in [-0.3, -0.25) is 0 Å². The lowest BCUT2D eigenvalue weighted by Crippen LogP contribution is -2.20. The van der Waals surface area contributed by atoms with Crippen LogP contribution in [-0.4, -0.2) is 6.61 Å². The Balaban J connectivity index is 1.71. The van der Waals surface area contributed by atoms with Crippen molar-refractivity contribution >= 4 is 0 Å². The fourth-order valence-corrected chi connectivity index (χ4v) is 4.55. The molecule has 1 aliphatic carbocycles. The molecule has 1 fully saturated rings. The van der Waals surface area contributed by atoms with Crippen LogP contribution in [0.25, 0.3) is 0 Å². The highest BCUT2D eigenvalue weighted by atomic mass is 19.2. The fraction of sp³-hybridized carbons (Fsp3) is 0.769. The van der Waals surface area contributed by atoms with Crippen molar-refractivity contribution in [3.8, 4) is 5.75 Å². The van der Waals surface area contributed by atoms with Crippen LogP contribution in [0.4, 0.5) is 8.78 Å². The van der Waals surface area contributed by atoms with Gasteiger partial charge in [-0.05, 0) is 49.1 Å². The monoisotopic (exact) mass is 408 g/mol. The lowest BCUT2D eigenvalue weighted by Gasteiger charge is -2.28. The Labute approximate surface area is 177 Å². The molecule has 0 atom stereocenters. The summed E-state index contributed by atoms with van der Waals surface area (Å²) < 4.78 is 34.5. The van der Waals surface area contributed by atoms with E-state index in [1.807, 2.05) is 0 Å². The summed E-state index contributed by atoms with van der Waals surface area (Å²) in [6.07, 6.45) is 17.6. The van der Waals surface area contributed by atoms with Gasteiger partial charge >= 0.3 is 0 Å². The molecule has 0 aromatic heterocycles. The van der Waals surface area contributed by atoms with Crippen LogP contribution in [0.15, 0.2) is 12.1 Å². The summed E-state index contributed by atoms with van der Waals surface area (Å²) in [6.45, 7) is 4.95. The number of benzene rings is 1. The second kappa shape index (κ2) is 14.0. The number of hydrogen-bond donors (Lipinski definition) is 0. The summed E-state index contributed by atoms with van der Waals surface area (Å²) in [4.78, 5) is 0. The summed E-state index contributed by atoms with van der Waals surface area (Å²) in [5, 5.41) is 0. The maximum atomic E-state index is 14.4. The molecule has 0 bridgehead atoms. The first kappa shape index (κ1) is 24.2. The minimum Gasteiger partial charge on any atom is -0.490 e. The Hall–Kier alpha value is -1.12. The Bertz CT molecular complexity index is 564. The zero-order valence-electron chi connectivity index (χ0n) is 18.8. The first-order valence-electron chi connectivity index (χ1n) is 12.2. The smallest absolute Gasteiger partial charge is 0.200 e. The van der Waals surface area contributed by atoms with Crippen LogP contribution in [0.1, 0.15) is 109 Å². The van der Waals surface area contributed by atoms with Crippen molar-refractivity contribution in [1.29, 1.82) is 0 Å². The molecule has 0 unspecified atom stereocenters. The number of aryl methyl sites for hydroxylation is 1. The van der Waals surface area contributed by atoms with Gasteiger partial charge < -0.3 is 4.74 Å². The van der Waals surface area contributed by atoms with Crippen molar-refractivity contribution in [3.05, 3.63) is 29.3 Å². The molecule has 0 amide bonds. The van der Waals surface area contributed by atoms with Crippen molar-refractivity contribution in [2.24, 2.45) is 11.8 Å². The van der Waals surface area contributed by atoms with E-state index < -0.39 is 11.6 Å². The van der Waals surface area contributed by atoms with Gasteiger partial charge in [-0.1, -0.05) is 90.5 Å². The maximum Gasteiger partial charge on any atom is 0.200 e. The normalized spacial score (nSPS) is 19.4. The van der Waals surface area contributed by atoms with Gasteiger partial charge in [-0.15, -0.1) is 0 Å². The van der Waals surface area contributed by atoms with Crippen LogP contribution in [-0.2, 0) is 6.42 Å². The second-order valence-corrected chi connectivity index (χ2v) is 9.06.